The molecule has 0 amide bonds. The van der Waals surface area contributed by atoms with Gasteiger partial charge in [0.05, 0.1) is 28.2 Å². The molecule has 2 aromatic heterocycles. The average Bonchev–Trinajstić information content (AvgIpc) is 3.25. The van der Waals surface area contributed by atoms with E-state index in [9.17, 15) is 12.8 Å². The lowest BCUT2D eigenvalue weighted by molar-refractivity contribution is 0.407. The van der Waals surface area contributed by atoms with Crippen molar-refractivity contribution in [2.75, 3.05) is 23.1 Å². The molecule has 1 saturated heterocycles. The van der Waals surface area contributed by atoms with Gasteiger partial charge >= 0.3 is 0 Å². The molecule has 40 heavy (non-hydrogen) atoms. The zero-order chi connectivity index (χ0) is 27.9. The van der Waals surface area contributed by atoms with E-state index in [1.165, 1.54) is 6.20 Å². The molecule has 0 radical (unpaired) electrons. The summed E-state index contributed by atoms with van der Waals surface area (Å²) in [6, 6.07) is 15.7. The minimum Gasteiger partial charge on any atom is -0.435 e. The Morgan fingerprint density at radius 2 is 1.85 bits per heavy atom. The molecule has 12 heteroatoms. The van der Waals surface area contributed by atoms with E-state index < -0.39 is 38.8 Å². The first kappa shape index (κ1) is 26.1. The number of sulfonamides is 1. The van der Waals surface area contributed by atoms with Gasteiger partial charge in [0, 0.05) is 31.4 Å². The Kier molecular flexibility index (Phi) is 6.59. The highest BCUT2D eigenvalue weighted by atomic mass is 32.2. The zero-order valence-electron chi connectivity index (χ0n) is 21.4. The lowest BCUT2D eigenvalue weighted by Gasteiger charge is -2.17. The van der Waals surface area contributed by atoms with Gasteiger partial charge in [-0.3, -0.25) is 4.72 Å². The third-order valence-electron chi connectivity index (χ3n) is 7.52. The molecular formula is C28H26F2N6O3S. The predicted molar refractivity (Wildman–Crippen MR) is 146 cm³/mol. The SMILES string of the molecule is C[C@@H]1[C@@H]2CNC[C@]12Nc1nccc(-c2cccnc2Oc2ccc(NS(=O)(=O)Cc3ccccc3)c(F)c2F)n1. The van der Waals surface area contributed by atoms with E-state index in [-0.39, 0.29) is 11.4 Å². The fourth-order valence-corrected chi connectivity index (χ4v) is 6.49. The monoisotopic (exact) mass is 564 g/mol. The van der Waals surface area contributed by atoms with Crippen LogP contribution in [0.3, 0.4) is 0 Å². The van der Waals surface area contributed by atoms with Crippen LogP contribution in [-0.4, -0.2) is 42.0 Å². The van der Waals surface area contributed by atoms with Crippen LogP contribution in [0.2, 0.25) is 0 Å². The van der Waals surface area contributed by atoms with Crippen LogP contribution in [0.25, 0.3) is 11.3 Å². The van der Waals surface area contributed by atoms with E-state index in [2.05, 4.69) is 37.2 Å². The smallest absolute Gasteiger partial charge is 0.237 e. The van der Waals surface area contributed by atoms with Crippen LogP contribution in [0.4, 0.5) is 20.4 Å². The summed E-state index contributed by atoms with van der Waals surface area (Å²) in [6.45, 7) is 3.98. The van der Waals surface area contributed by atoms with Crippen molar-refractivity contribution in [3.63, 3.8) is 0 Å². The number of halogens is 2. The Bertz CT molecular complexity index is 1670. The van der Waals surface area contributed by atoms with Gasteiger partial charge < -0.3 is 15.4 Å². The number of nitrogens with one attached hydrogen (secondary N) is 3. The second-order valence-corrected chi connectivity index (χ2v) is 11.7. The first-order chi connectivity index (χ1) is 19.3. The third kappa shape index (κ3) is 4.95. The molecule has 3 atom stereocenters. The third-order valence-corrected chi connectivity index (χ3v) is 8.76. The molecule has 9 nitrogen and oxygen atoms in total. The number of piperidine rings is 1. The summed E-state index contributed by atoms with van der Waals surface area (Å²) >= 11 is 0. The summed E-state index contributed by atoms with van der Waals surface area (Å²) in [5.41, 5.74) is 0.842. The van der Waals surface area contributed by atoms with Crippen molar-refractivity contribution in [1.82, 2.24) is 20.3 Å². The molecule has 4 aromatic rings. The summed E-state index contributed by atoms with van der Waals surface area (Å²) in [5, 5.41) is 6.85. The van der Waals surface area contributed by atoms with Crippen molar-refractivity contribution < 1.29 is 21.9 Å². The standard InChI is InChI=1S/C28H26F2N6O3S/c1-17-20-14-31-16-28(17,20)35-27-33-13-11-21(34-27)19-8-5-12-32-26(19)39-23-10-9-22(24(29)25(23)30)36-40(37,38)15-18-6-3-2-4-7-18/h2-13,17,20,31,36H,14-16H2,1H3,(H,33,34,35)/t17-,20+,28+/m1/s1. The summed E-state index contributed by atoms with van der Waals surface area (Å²) in [5.74, 6) is -2.13. The highest BCUT2D eigenvalue weighted by Gasteiger charge is 2.65. The second kappa shape index (κ2) is 10.1. The zero-order valence-corrected chi connectivity index (χ0v) is 22.3. The Morgan fingerprint density at radius 3 is 2.62 bits per heavy atom. The van der Waals surface area contributed by atoms with Crippen molar-refractivity contribution >= 4 is 21.7 Å². The van der Waals surface area contributed by atoms with Crippen LogP contribution >= 0.6 is 0 Å². The number of rotatable bonds is 9. The van der Waals surface area contributed by atoms with Gasteiger partial charge in [-0.25, -0.2) is 27.8 Å². The Labute approximate surface area is 230 Å². The maximum absolute atomic E-state index is 15.1. The van der Waals surface area contributed by atoms with Crippen LogP contribution in [0.5, 0.6) is 11.6 Å². The quantitative estimate of drug-likeness (QED) is 0.271. The van der Waals surface area contributed by atoms with E-state index in [0.29, 0.717) is 34.6 Å². The average molecular weight is 565 g/mol. The molecule has 0 bridgehead atoms. The molecule has 0 spiro atoms. The van der Waals surface area contributed by atoms with E-state index in [0.717, 1.165) is 25.2 Å². The topological polar surface area (TPSA) is 118 Å². The summed E-state index contributed by atoms with van der Waals surface area (Å²) in [7, 11) is -3.99. The minimum atomic E-state index is -3.99. The molecular weight excluding hydrogens is 538 g/mol. The molecule has 0 unspecified atom stereocenters. The van der Waals surface area contributed by atoms with Gasteiger partial charge in [-0.15, -0.1) is 0 Å². The largest absolute Gasteiger partial charge is 0.435 e. The van der Waals surface area contributed by atoms with Gasteiger partial charge in [0.15, 0.2) is 11.6 Å². The molecule has 2 aliphatic rings. The van der Waals surface area contributed by atoms with Crippen molar-refractivity contribution in [2.45, 2.75) is 18.2 Å². The van der Waals surface area contributed by atoms with Gasteiger partial charge in [-0.05, 0) is 41.8 Å². The second-order valence-electron chi connectivity index (χ2n) is 10.0. The van der Waals surface area contributed by atoms with Crippen LogP contribution < -0.4 is 20.1 Å². The number of ether oxygens (including phenoxy) is 1. The molecule has 1 aliphatic carbocycles. The van der Waals surface area contributed by atoms with E-state index >= 15 is 4.39 Å². The molecule has 2 fully saturated rings. The van der Waals surface area contributed by atoms with E-state index in [1.54, 1.807) is 54.7 Å². The molecule has 3 N–H and O–H groups in total. The normalized spacial score (nSPS) is 21.5. The fraction of sp³-hybridized carbons (Fsp3) is 0.250. The molecule has 206 valence electrons. The van der Waals surface area contributed by atoms with Gasteiger partial charge in [-0.2, -0.15) is 4.39 Å². The van der Waals surface area contributed by atoms with Gasteiger partial charge in [0.25, 0.3) is 0 Å². The van der Waals surface area contributed by atoms with E-state index in [4.69, 9.17) is 4.74 Å². The summed E-state index contributed by atoms with van der Waals surface area (Å²) < 4.78 is 62.8. The van der Waals surface area contributed by atoms with Crippen molar-refractivity contribution in [1.29, 1.82) is 0 Å². The number of anilines is 2. The number of fused-ring (bicyclic) bond motifs is 1. The Balaban J connectivity index is 1.22. The number of hydrogen-bond acceptors (Lipinski definition) is 8. The minimum absolute atomic E-state index is 0.00113. The lowest BCUT2D eigenvalue weighted by Crippen LogP contribution is -2.32. The van der Waals surface area contributed by atoms with Crippen LogP contribution in [0.1, 0.15) is 12.5 Å². The number of nitrogens with zero attached hydrogens (tertiary/aromatic N) is 3. The maximum atomic E-state index is 15.1. The van der Waals surface area contributed by atoms with Gasteiger partial charge in [-0.1, -0.05) is 37.3 Å². The number of benzene rings is 2. The summed E-state index contributed by atoms with van der Waals surface area (Å²) in [4.78, 5) is 13.2. The van der Waals surface area contributed by atoms with Crippen LogP contribution in [-0.2, 0) is 15.8 Å². The molecule has 3 heterocycles. The maximum Gasteiger partial charge on any atom is 0.237 e. The first-order valence-corrected chi connectivity index (χ1v) is 14.4. The van der Waals surface area contributed by atoms with Gasteiger partial charge in [0.2, 0.25) is 27.7 Å². The molecule has 1 saturated carbocycles. The number of pyridine rings is 1. The Morgan fingerprint density at radius 1 is 1.02 bits per heavy atom. The van der Waals surface area contributed by atoms with E-state index in [1.807, 2.05) is 0 Å². The van der Waals surface area contributed by atoms with Crippen molar-refractivity contribution in [2.24, 2.45) is 11.8 Å². The highest BCUT2D eigenvalue weighted by Crippen LogP contribution is 2.54. The lowest BCUT2D eigenvalue weighted by atomic mass is 10.2. The highest BCUT2D eigenvalue weighted by molar-refractivity contribution is 7.91. The Hall–Kier alpha value is -4.16. The fourth-order valence-electron chi connectivity index (χ4n) is 5.30. The predicted octanol–water partition coefficient (Wildman–Crippen LogP) is 4.57. The van der Waals surface area contributed by atoms with Crippen molar-refractivity contribution in [3.05, 3.63) is 90.3 Å². The molecule has 2 aromatic carbocycles. The van der Waals surface area contributed by atoms with Crippen LogP contribution in [0, 0.1) is 23.5 Å². The number of hydrogen-bond donors (Lipinski definition) is 3. The summed E-state index contributed by atoms with van der Waals surface area (Å²) in [6.07, 6.45) is 3.07. The molecule has 1 aliphatic heterocycles. The van der Waals surface area contributed by atoms with Crippen molar-refractivity contribution in [3.8, 4) is 22.9 Å². The molecule has 6 rings (SSSR count). The van der Waals surface area contributed by atoms with Crippen LogP contribution in [0.15, 0.2) is 73.1 Å². The van der Waals surface area contributed by atoms with Gasteiger partial charge in [0.1, 0.15) is 0 Å². The first-order valence-electron chi connectivity index (χ1n) is 12.7. The number of aromatic nitrogens is 3.